The van der Waals surface area contributed by atoms with Crippen molar-refractivity contribution in [2.75, 3.05) is 45.2 Å². The lowest BCUT2D eigenvalue weighted by molar-refractivity contribution is -0.111. The van der Waals surface area contributed by atoms with Crippen LogP contribution in [0.5, 0.6) is 5.75 Å². The van der Waals surface area contributed by atoms with Gasteiger partial charge in [-0.15, -0.1) is 0 Å². The first-order chi connectivity index (χ1) is 15.3. The predicted octanol–water partition coefficient (Wildman–Crippen LogP) is 3.25. The molecule has 0 saturated carbocycles. The number of halogens is 1. The Bertz CT molecular complexity index is 1170. The number of ether oxygens (including phenoxy) is 1. The van der Waals surface area contributed by atoms with Crippen LogP contribution in [0.4, 0.5) is 5.69 Å². The van der Waals surface area contributed by atoms with Crippen molar-refractivity contribution in [3.05, 3.63) is 70.8 Å². The summed E-state index contributed by atoms with van der Waals surface area (Å²) in [7, 11) is -1.56. The number of carbonyl (C=O) groups excluding carboxylic acids is 1. The molecule has 2 aromatic rings. The Hall–Kier alpha value is -2.65. The van der Waals surface area contributed by atoms with E-state index in [9.17, 15) is 13.2 Å². The SMILES string of the molecule is CN1CCN(S(=O)(=O)c2ccc(NC(=O)/C=C/C3=Cc4cc(Cl)ccc4OC3)cc2)CC1. The average Bonchev–Trinajstić information content (AvgIpc) is 2.78. The number of fused-ring (bicyclic) bond motifs is 1. The van der Waals surface area contributed by atoms with Crippen LogP contribution in [0.1, 0.15) is 5.56 Å². The summed E-state index contributed by atoms with van der Waals surface area (Å²) < 4.78 is 32.8. The Balaban J connectivity index is 1.38. The molecule has 1 fully saturated rings. The van der Waals surface area contributed by atoms with Crippen molar-refractivity contribution >= 4 is 39.3 Å². The highest BCUT2D eigenvalue weighted by atomic mass is 35.5. The molecule has 1 amide bonds. The number of piperazine rings is 1. The van der Waals surface area contributed by atoms with E-state index in [4.69, 9.17) is 16.3 Å². The lowest BCUT2D eigenvalue weighted by atomic mass is 10.1. The third kappa shape index (κ3) is 5.21. The second kappa shape index (κ2) is 9.46. The first kappa shape index (κ1) is 22.5. The zero-order valence-electron chi connectivity index (χ0n) is 17.6. The van der Waals surface area contributed by atoms with Crippen molar-refractivity contribution < 1.29 is 17.9 Å². The number of benzene rings is 2. The topological polar surface area (TPSA) is 79.0 Å². The number of rotatable bonds is 5. The molecule has 2 aliphatic rings. The smallest absolute Gasteiger partial charge is 0.248 e. The van der Waals surface area contributed by atoms with Gasteiger partial charge in [0.05, 0.1) is 4.90 Å². The highest BCUT2D eigenvalue weighted by molar-refractivity contribution is 7.89. The van der Waals surface area contributed by atoms with Gasteiger partial charge in [0.15, 0.2) is 0 Å². The maximum Gasteiger partial charge on any atom is 0.248 e. The van der Waals surface area contributed by atoms with Gasteiger partial charge >= 0.3 is 0 Å². The summed E-state index contributed by atoms with van der Waals surface area (Å²) >= 11 is 6.02. The molecular formula is C23H24ClN3O4S. The Morgan fingerprint density at radius 2 is 1.81 bits per heavy atom. The second-order valence-electron chi connectivity index (χ2n) is 7.74. The van der Waals surface area contributed by atoms with Crippen LogP contribution in [0.2, 0.25) is 5.02 Å². The fourth-order valence-electron chi connectivity index (χ4n) is 3.52. The monoisotopic (exact) mass is 473 g/mol. The van der Waals surface area contributed by atoms with E-state index in [2.05, 4.69) is 10.2 Å². The molecule has 2 aliphatic heterocycles. The van der Waals surface area contributed by atoms with Crippen LogP contribution in [0, 0.1) is 0 Å². The highest BCUT2D eigenvalue weighted by Crippen LogP contribution is 2.29. The third-order valence-corrected chi connectivity index (χ3v) is 7.53. The number of carbonyl (C=O) groups is 1. The molecule has 0 bridgehead atoms. The third-order valence-electron chi connectivity index (χ3n) is 5.38. The highest BCUT2D eigenvalue weighted by Gasteiger charge is 2.27. The average molecular weight is 474 g/mol. The molecule has 0 aliphatic carbocycles. The van der Waals surface area contributed by atoms with E-state index in [0.717, 1.165) is 16.9 Å². The first-order valence-electron chi connectivity index (χ1n) is 10.2. The number of hydrogen-bond acceptors (Lipinski definition) is 5. The summed E-state index contributed by atoms with van der Waals surface area (Å²) in [6, 6.07) is 11.6. The van der Waals surface area contributed by atoms with Gasteiger partial charge < -0.3 is 15.0 Å². The summed E-state index contributed by atoms with van der Waals surface area (Å²) in [5.74, 6) is 0.431. The van der Waals surface area contributed by atoms with Crippen molar-refractivity contribution in [1.82, 2.24) is 9.21 Å². The van der Waals surface area contributed by atoms with Crippen molar-refractivity contribution in [2.24, 2.45) is 0 Å². The van der Waals surface area contributed by atoms with Gasteiger partial charge in [0.25, 0.3) is 0 Å². The van der Waals surface area contributed by atoms with E-state index >= 15 is 0 Å². The van der Waals surface area contributed by atoms with Gasteiger partial charge in [0.1, 0.15) is 12.4 Å². The number of amides is 1. The van der Waals surface area contributed by atoms with Gasteiger partial charge in [0, 0.05) is 48.5 Å². The number of nitrogens with zero attached hydrogens (tertiary/aromatic N) is 2. The summed E-state index contributed by atoms with van der Waals surface area (Å²) in [6.45, 7) is 2.72. The molecule has 4 rings (SSSR count). The number of nitrogens with one attached hydrogen (secondary N) is 1. The van der Waals surface area contributed by atoms with Gasteiger partial charge in [-0.1, -0.05) is 17.7 Å². The number of anilines is 1. The van der Waals surface area contributed by atoms with Gasteiger partial charge in [0.2, 0.25) is 15.9 Å². The van der Waals surface area contributed by atoms with Gasteiger partial charge in [-0.3, -0.25) is 4.79 Å². The number of hydrogen-bond donors (Lipinski definition) is 1. The van der Waals surface area contributed by atoms with E-state index in [0.29, 0.717) is 43.5 Å². The minimum Gasteiger partial charge on any atom is -0.488 e. The number of likely N-dealkylation sites (N-methyl/N-ethyl adjacent to an activating group) is 1. The largest absolute Gasteiger partial charge is 0.488 e. The minimum atomic E-state index is -3.53. The molecule has 7 nitrogen and oxygen atoms in total. The Labute approximate surface area is 193 Å². The van der Waals surface area contributed by atoms with Crippen LogP contribution in [0.3, 0.4) is 0 Å². The van der Waals surface area contributed by atoms with Gasteiger partial charge in [-0.25, -0.2) is 8.42 Å². The molecule has 0 radical (unpaired) electrons. The second-order valence-corrected chi connectivity index (χ2v) is 10.1. The molecule has 9 heteroatoms. The van der Waals surface area contributed by atoms with Crippen molar-refractivity contribution in [3.63, 3.8) is 0 Å². The zero-order valence-corrected chi connectivity index (χ0v) is 19.2. The molecule has 1 N–H and O–H groups in total. The Morgan fingerprint density at radius 1 is 1.09 bits per heavy atom. The summed E-state index contributed by atoms with van der Waals surface area (Å²) in [5, 5.41) is 3.36. The first-order valence-corrected chi connectivity index (χ1v) is 12.0. The Morgan fingerprint density at radius 3 is 2.53 bits per heavy atom. The fraction of sp³-hybridized carbons (Fsp3) is 0.261. The van der Waals surface area contributed by atoms with Crippen LogP contribution in [0.25, 0.3) is 6.08 Å². The molecule has 0 aromatic heterocycles. The zero-order chi connectivity index (χ0) is 22.7. The molecule has 0 spiro atoms. The maximum atomic E-state index is 12.8. The van der Waals surface area contributed by atoms with Crippen molar-refractivity contribution in [2.45, 2.75) is 4.90 Å². The summed E-state index contributed by atoms with van der Waals surface area (Å²) in [6.07, 6.45) is 5.03. The maximum absolute atomic E-state index is 12.8. The van der Waals surface area contributed by atoms with E-state index < -0.39 is 10.0 Å². The molecule has 32 heavy (non-hydrogen) atoms. The van der Waals surface area contributed by atoms with Crippen LogP contribution in [0.15, 0.2) is 65.1 Å². The molecule has 168 valence electrons. The standard InChI is InChI=1S/C23H24ClN3O4S/c1-26-10-12-27(13-11-26)32(29,30)21-6-4-20(5-7-21)25-23(28)9-2-17-14-18-15-19(24)3-8-22(18)31-16-17/h2-9,14-15H,10-13,16H2,1H3,(H,25,28)/b9-2+. The van der Waals surface area contributed by atoms with Crippen molar-refractivity contribution in [3.8, 4) is 5.75 Å². The molecule has 2 heterocycles. The molecule has 2 aromatic carbocycles. The van der Waals surface area contributed by atoms with E-state index in [-0.39, 0.29) is 10.8 Å². The predicted molar refractivity (Wildman–Crippen MR) is 125 cm³/mol. The molecule has 1 saturated heterocycles. The van der Waals surface area contributed by atoms with E-state index in [1.54, 1.807) is 24.3 Å². The van der Waals surface area contributed by atoms with Crippen LogP contribution in [-0.4, -0.2) is 63.4 Å². The lowest BCUT2D eigenvalue weighted by Gasteiger charge is -2.31. The quantitative estimate of drug-likeness (QED) is 0.674. The normalized spacial score (nSPS) is 17.5. The summed E-state index contributed by atoms with van der Waals surface area (Å²) in [4.78, 5) is 14.6. The molecule has 0 atom stereocenters. The molecule has 0 unspecified atom stereocenters. The number of sulfonamides is 1. The van der Waals surface area contributed by atoms with Gasteiger partial charge in [-0.05, 0) is 61.2 Å². The molecular weight excluding hydrogens is 450 g/mol. The summed E-state index contributed by atoms with van der Waals surface area (Å²) in [5.41, 5.74) is 2.22. The lowest BCUT2D eigenvalue weighted by Crippen LogP contribution is -2.46. The van der Waals surface area contributed by atoms with Crippen LogP contribution < -0.4 is 10.1 Å². The van der Waals surface area contributed by atoms with E-state index in [1.807, 2.05) is 25.3 Å². The van der Waals surface area contributed by atoms with Gasteiger partial charge in [-0.2, -0.15) is 4.31 Å². The Kier molecular flexibility index (Phi) is 6.66. The van der Waals surface area contributed by atoms with E-state index in [1.165, 1.54) is 22.5 Å². The van der Waals surface area contributed by atoms with Crippen LogP contribution in [-0.2, 0) is 14.8 Å². The van der Waals surface area contributed by atoms with Crippen molar-refractivity contribution in [1.29, 1.82) is 0 Å². The van der Waals surface area contributed by atoms with Crippen LogP contribution >= 0.6 is 11.6 Å². The fourth-order valence-corrected chi connectivity index (χ4v) is 5.12. The minimum absolute atomic E-state index is 0.220.